The second-order valence-corrected chi connectivity index (χ2v) is 15.4. The molecule has 0 unspecified atom stereocenters. The third kappa shape index (κ3) is 10.6. The fourth-order valence-corrected chi connectivity index (χ4v) is 7.04. The third-order valence-corrected chi connectivity index (χ3v) is 9.89. The monoisotopic (exact) mass is 673 g/mol. The molecule has 0 aromatic heterocycles. The van der Waals surface area contributed by atoms with Crippen molar-refractivity contribution in [2.75, 3.05) is 19.8 Å². The predicted octanol–water partition coefficient (Wildman–Crippen LogP) is 4.23. The molecule has 2 aromatic carbocycles. The maximum atomic E-state index is 14.2. The highest BCUT2D eigenvalue weighted by Crippen LogP contribution is 2.30. The number of ether oxygens (including phenoxy) is 1. The van der Waals surface area contributed by atoms with Crippen LogP contribution in [0.2, 0.25) is 0 Å². The van der Waals surface area contributed by atoms with E-state index in [-0.39, 0.29) is 54.7 Å². The Balaban J connectivity index is 1.34. The van der Waals surface area contributed by atoms with Crippen LogP contribution in [0.5, 0.6) is 0 Å². The van der Waals surface area contributed by atoms with Gasteiger partial charge in [-0.3, -0.25) is 24.5 Å². The van der Waals surface area contributed by atoms with Crippen LogP contribution in [0, 0.1) is 11.3 Å². The fourth-order valence-electron chi connectivity index (χ4n) is 7.04. The molecule has 2 fully saturated rings. The number of hydrogen-bond donors (Lipinski definition) is 5. The van der Waals surface area contributed by atoms with Crippen LogP contribution in [-0.4, -0.2) is 61.1 Å². The minimum atomic E-state index is -1.02. The summed E-state index contributed by atoms with van der Waals surface area (Å²) >= 11 is 0. The minimum Gasteiger partial charge on any atom is -0.374 e. The second kappa shape index (κ2) is 16.8. The standard InChI is InChI=1S/C39H55N5O5/c1-38(2,3)24-40-34(45)23-33(43-39(25-49-26-39)44-35(46)29-16-8-5-9-17-29)37(48)42-32(22-21-27-13-6-4-7-14-27)36(47)41-31-20-12-18-28-15-10-11-19-30(28)31/h4,6-7,10-11,13-15,19,29,31-33,43H,5,8-9,12,16-18,20-26H2,1-3H3,(H,40,45)(H,41,47)(H,42,48)(H,44,46)/t31-,32+,33+/m1/s1. The Bertz CT molecular complexity index is 1430. The number of carbonyl (C=O) groups excluding carboxylic acids is 4. The average molecular weight is 674 g/mol. The minimum absolute atomic E-state index is 0.0558. The molecule has 3 aliphatic rings. The van der Waals surface area contributed by atoms with Crippen molar-refractivity contribution in [3.8, 4) is 0 Å². The van der Waals surface area contributed by atoms with Gasteiger partial charge in [0.05, 0.1) is 31.7 Å². The van der Waals surface area contributed by atoms with Gasteiger partial charge < -0.3 is 26.0 Å². The van der Waals surface area contributed by atoms with E-state index in [1.165, 1.54) is 5.56 Å². The molecule has 266 valence electrons. The molecule has 4 amide bonds. The van der Waals surface area contributed by atoms with Crippen LogP contribution >= 0.6 is 0 Å². The molecule has 49 heavy (non-hydrogen) atoms. The lowest BCUT2D eigenvalue weighted by molar-refractivity contribution is -0.146. The zero-order valence-electron chi connectivity index (χ0n) is 29.4. The third-order valence-electron chi connectivity index (χ3n) is 9.89. The van der Waals surface area contributed by atoms with Crippen molar-refractivity contribution < 1.29 is 23.9 Å². The average Bonchev–Trinajstić information content (AvgIpc) is 3.08. The summed E-state index contributed by atoms with van der Waals surface area (Å²) in [5.41, 5.74) is 2.29. The first-order valence-electron chi connectivity index (χ1n) is 18.2. The van der Waals surface area contributed by atoms with Crippen molar-refractivity contribution in [3.63, 3.8) is 0 Å². The van der Waals surface area contributed by atoms with Crippen molar-refractivity contribution in [3.05, 3.63) is 71.3 Å². The number of amides is 4. The Hall–Kier alpha value is -3.76. The van der Waals surface area contributed by atoms with Crippen molar-refractivity contribution in [1.29, 1.82) is 0 Å². The first kappa shape index (κ1) is 36.5. The lowest BCUT2D eigenvalue weighted by Crippen LogP contribution is -2.74. The molecule has 2 aromatic rings. The van der Waals surface area contributed by atoms with Crippen molar-refractivity contribution in [1.82, 2.24) is 26.6 Å². The molecule has 1 heterocycles. The van der Waals surface area contributed by atoms with Crippen LogP contribution in [0.4, 0.5) is 0 Å². The van der Waals surface area contributed by atoms with E-state index in [1.807, 2.05) is 63.2 Å². The summed E-state index contributed by atoms with van der Waals surface area (Å²) < 4.78 is 5.55. The SMILES string of the molecule is CC(C)(C)CNC(=O)C[C@H](NC1(NC(=O)C2CCCCC2)COC1)C(=O)N[C@@H](CCc1ccccc1)C(=O)N[C@@H]1CCCc2ccccc21. The summed E-state index contributed by atoms with van der Waals surface area (Å²) in [6, 6.07) is 16.1. The van der Waals surface area contributed by atoms with Crippen LogP contribution < -0.4 is 26.6 Å². The number of carbonyl (C=O) groups is 4. The Kier molecular flexibility index (Phi) is 12.5. The van der Waals surface area contributed by atoms with E-state index in [2.05, 4.69) is 38.7 Å². The van der Waals surface area contributed by atoms with Crippen LogP contribution in [-0.2, 0) is 36.8 Å². The lowest BCUT2D eigenvalue weighted by atomic mass is 9.87. The molecule has 5 N–H and O–H groups in total. The molecule has 0 spiro atoms. The zero-order valence-corrected chi connectivity index (χ0v) is 29.4. The number of aryl methyl sites for hydroxylation is 2. The zero-order chi connectivity index (χ0) is 34.9. The van der Waals surface area contributed by atoms with Gasteiger partial charge in [0.25, 0.3) is 0 Å². The van der Waals surface area contributed by atoms with E-state index in [9.17, 15) is 19.2 Å². The number of hydrogen-bond acceptors (Lipinski definition) is 6. The summed E-state index contributed by atoms with van der Waals surface area (Å²) in [6.45, 7) is 6.88. The van der Waals surface area contributed by atoms with Crippen molar-refractivity contribution in [2.45, 2.75) is 115 Å². The highest BCUT2D eigenvalue weighted by molar-refractivity contribution is 5.93. The van der Waals surface area contributed by atoms with E-state index < -0.39 is 23.7 Å². The molecule has 3 atom stereocenters. The molecule has 1 saturated heterocycles. The summed E-state index contributed by atoms with van der Waals surface area (Å²) in [5, 5.41) is 15.7. The number of rotatable bonds is 14. The quantitative estimate of drug-likeness (QED) is 0.191. The largest absolute Gasteiger partial charge is 0.374 e. The molecule has 10 heteroatoms. The van der Waals surface area contributed by atoms with E-state index in [0.717, 1.165) is 62.5 Å². The molecule has 2 aliphatic carbocycles. The summed E-state index contributed by atoms with van der Waals surface area (Å²) in [5.74, 6) is -1.15. The predicted molar refractivity (Wildman–Crippen MR) is 189 cm³/mol. The van der Waals surface area contributed by atoms with Gasteiger partial charge >= 0.3 is 0 Å². The van der Waals surface area contributed by atoms with Crippen LogP contribution in [0.15, 0.2) is 54.6 Å². The Morgan fingerprint density at radius 2 is 1.57 bits per heavy atom. The Morgan fingerprint density at radius 1 is 0.857 bits per heavy atom. The normalized spacial score (nSPS) is 20.1. The second-order valence-electron chi connectivity index (χ2n) is 15.4. The fraction of sp³-hybridized carbons (Fsp3) is 0.590. The number of benzene rings is 2. The molecule has 0 bridgehead atoms. The van der Waals surface area contributed by atoms with Crippen LogP contribution in [0.25, 0.3) is 0 Å². The lowest BCUT2D eigenvalue weighted by Gasteiger charge is -2.45. The van der Waals surface area contributed by atoms with Gasteiger partial charge in [-0.05, 0) is 67.1 Å². The van der Waals surface area contributed by atoms with Gasteiger partial charge in [0, 0.05) is 12.5 Å². The molecular weight excluding hydrogens is 618 g/mol. The van der Waals surface area contributed by atoms with E-state index in [4.69, 9.17) is 4.74 Å². The number of fused-ring (bicyclic) bond motifs is 1. The van der Waals surface area contributed by atoms with E-state index in [0.29, 0.717) is 19.4 Å². The van der Waals surface area contributed by atoms with Gasteiger partial charge in [0.15, 0.2) is 0 Å². The van der Waals surface area contributed by atoms with Crippen molar-refractivity contribution >= 4 is 23.6 Å². The Labute approximate surface area is 291 Å². The van der Waals surface area contributed by atoms with E-state index >= 15 is 0 Å². The molecule has 1 aliphatic heterocycles. The van der Waals surface area contributed by atoms with Crippen molar-refractivity contribution in [2.24, 2.45) is 11.3 Å². The summed E-state index contributed by atoms with van der Waals surface area (Å²) in [4.78, 5) is 54.8. The number of nitrogens with one attached hydrogen (secondary N) is 5. The molecular formula is C39H55N5O5. The molecule has 0 radical (unpaired) electrons. The highest BCUT2D eigenvalue weighted by Gasteiger charge is 2.45. The van der Waals surface area contributed by atoms with Gasteiger partial charge in [-0.25, -0.2) is 0 Å². The van der Waals surface area contributed by atoms with E-state index in [1.54, 1.807) is 0 Å². The topological polar surface area (TPSA) is 138 Å². The molecule has 1 saturated carbocycles. The van der Waals surface area contributed by atoms with Gasteiger partial charge in [-0.15, -0.1) is 0 Å². The first-order valence-corrected chi connectivity index (χ1v) is 18.2. The maximum Gasteiger partial charge on any atom is 0.243 e. The molecule has 5 rings (SSSR count). The smallest absolute Gasteiger partial charge is 0.243 e. The summed E-state index contributed by atoms with van der Waals surface area (Å²) in [6.07, 6.45) is 8.42. The first-order chi connectivity index (χ1) is 23.5. The maximum absolute atomic E-state index is 14.2. The van der Waals surface area contributed by atoms with Crippen LogP contribution in [0.1, 0.15) is 101 Å². The van der Waals surface area contributed by atoms with Gasteiger partial charge in [-0.2, -0.15) is 0 Å². The van der Waals surface area contributed by atoms with Gasteiger partial charge in [0.1, 0.15) is 11.7 Å². The Morgan fingerprint density at radius 3 is 2.27 bits per heavy atom. The van der Waals surface area contributed by atoms with Gasteiger partial charge in [0.2, 0.25) is 23.6 Å². The highest BCUT2D eigenvalue weighted by atomic mass is 16.5. The summed E-state index contributed by atoms with van der Waals surface area (Å²) in [7, 11) is 0. The van der Waals surface area contributed by atoms with Crippen LogP contribution in [0.3, 0.4) is 0 Å². The van der Waals surface area contributed by atoms with Gasteiger partial charge in [-0.1, -0.05) is 94.6 Å². The molecule has 10 nitrogen and oxygen atoms in total.